The van der Waals surface area contributed by atoms with Crippen LogP contribution in [0.15, 0.2) is 12.1 Å². The summed E-state index contributed by atoms with van der Waals surface area (Å²) in [6, 6.07) is 4.44. The molecule has 0 aromatic heterocycles. The molecule has 4 heteroatoms. The van der Waals surface area contributed by atoms with E-state index >= 15 is 0 Å². The second-order valence-electron chi connectivity index (χ2n) is 3.66. The van der Waals surface area contributed by atoms with Gasteiger partial charge in [-0.2, -0.15) is 5.26 Å². The van der Waals surface area contributed by atoms with E-state index in [1.54, 1.807) is 6.07 Å². The van der Waals surface area contributed by atoms with Crippen LogP contribution in [-0.2, 0) is 0 Å². The summed E-state index contributed by atoms with van der Waals surface area (Å²) >= 11 is 0. The largest absolute Gasteiger partial charge is 0.505 e. The smallest absolute Gasteiger partial charge is 0.166 e. The van der Waals surface area contributed by atoms with Crippen LogP contribution in [0.2, 0.25) is 0 Å². The van der Waals surface area contributed by atoms with E-state index in [0.717, 1.165) is 25.5 Å². The Morgan fingerprint density at radius 2 is 2.33 bits per heavy atom. The summed E-state index contributed by atoms with van der Waals surface area (Å²) in [5, 5.41) is 21.4. The quantitative estimate of drug-likeness (QED) is 0.737. The molecular formula is C11H11FN2O. The van der Waals surface area contributed by atoms with E-state index in [-0.39, 0.29) is 17.4 Å². The molecule has 0 saturated carbocycles. The van der Waals surface area contributed by atoms with Crippen LogP contribution in [0.3, 0.4) is 0 Å². The van der Waals surface area contributed by atoms with E-state index in [9.17, 15) is 9.50 Å². The second-order valence-corrected chi connectivity index (χ2v) is 3.66. The van der Waals surface area contributed by atoms with Crippen LogP contribution in [0.4, 0.5) is 4.39 Å². The van der Waals surface area contributed by atoms with Crippen molar-refractivity contribution in [2.24, 2.45) is 0 Å². The summed E-state index contributed by atoms with van der Waals surface area (Å²) in [4.78, 5) is 0. The van der Waals surface area contributed by atoms with Crippen molar-refractivity contribution >= 4 is 0 Å². The van der Waals surface area contributed by atoms with Gasteiger partial charge in [0.2, 0.25) is 0 Å². The van der Waals surface area contributed by atoms with Gasteiger partial charge in [-0.1, -0.05) is 0 Å². The Hall–Kier alpha value is -1.60. The van der Waals surface area contributed by atoms with Crippen molar-refractivity contribution < 1.29 is 9.50 Å². The Balaban J connectivity index is 2.45. The van der Waals surface area contributed by atoms with E-state index in [4.69, 9.17) is 5.26 Å². The number of nitriles is 1. The number of benzene rings is 1. The molecule has 0 bridgehead atoms. The lowest BCUT2D eigenvalue weighted by atomic mass is 10.0. The fourth-order valence-electron chi connectivity index (χ4n) is 1.90. The van der Waals surface area contributed by atoms with Crippen molar-refractivity contribution in [1.82, 2.24) is 5.32 Å². The molecule has 2 rings (SSSR count). The lowest BCUT2D eigenvalue weighted by Gasteiger charge is -2.13. The van der Waals surface area contributed by atoms with Gasteiger partial charge >= 0.3 is 0 Å². The first-order chi connectivity index (χ1) is 7.22. The summed E-state index contributed by atoms with van der Waals surface area (Å²) in [7, 11) is 0. The molecule has 15 heavy (non-hydrogen) atoms. The number of rotatable bonds is 1. The van der Waals surface area contributed by atoms with Crippen molar-refractivity contribution in [3.63, 3.8) is 0 Å². The standard InChI is InChI=1S/C11H11FN2O/c12-9-5-7(6-13)4-8(11(9)15)10-2-1-3-14-10/h4-5,10,14-15H,1-3H2/t10-/m0/s1. The molecule has 1 aliphatic rings. The Bertz CT molecular complexity index is 419. The van der Waals surface area contributed by atoms with Gasteiger partial charge in [0.05, 0.1) is 11.6 Å². The maximum Gasteiger partial charge on any atom is 0.166 e. The molecular weight excluding hydrogens is 195 g/mol. The van der Waals surface area contributed by atoms with E-state index in [2.05, 4.69) is 5.32 Å². The van der Waals surface area contributed by atoms with Gasteiger partial charge in [0.1, 0.15) is 0 Å². The first-order valence-corrected chi connectivity index (χ1v) is 4.88. The Labute approximate surface area is 87.2 Å². The average Bonchev–Trinajstić information content (AvgIpc) is 2.75. The maximum absolute atomic E-state index is 13.3. The zero-order chi connectivity index (χ0) is 10.8. The van der Waals surface area contributed by atoms with Crippen molar-refractivity contribution in [3.8, 4) is 11.8 Å². The highest BCUT2D eigenvalue weighted by atomic mass is 19.1. The number of phenols is 1. The molecule has 1 saturated heterocycles. The van der Waals surface area contributed by atoms with Crippen LogP contribution in [0.25, 0.3) is 0 Å². The van der Waals surface area contributed by atoms with Crippen molar-refractivity contribution in [2.45, 2.75) is 18.9 Å². The predicted molar refractivity (Wildman–Crippen MR) is 52.8 cm³/mol. The van der Waals surface area contributed by atoms with Gasteiger partial charge in [0.15, 0.2) is 11.6 Å². The van der Waals surface area contributed by atoms with Gasteiger partial charge in [-0.3, -0.25) is 0 Å². The van der Waals surface area contributed by atoms with Gasteiger partial charge in [-0.25, -0.2) is 4.39 Å². The Morgan fingerprint density at radius 3 is 2.93 bits per heavy atom. The molecule has 1 aromatic carbocycles. The SMILES string of the molecule is N#Cc1cc(F)c(O)c([C@@H]2CCCN2)c1. The Kier molecular flexibility index (Phi) is 2.57. The third-order valence-corrected chi connectivity index (χ3v) is 2.66. The highest BCUT2D eigenvalue weighted by Gasteiger charge is 2.21. The van der Waals surface area contributed by atoms with Crippen molar-refractivity contribution in [1.29, 1.82) is 5.26 Å². The molecule has 78 valence electrons. The molecule has 1 aromatic rings. The number of hydrogen-bond acceptors (Lipinski definition) is 3. The molecule has 0 unspecified atom stereocenters. The summed E-state index contributed by atoms with van der Waals surface area (Å²) in [5.41, 5.74) is 0.734. The van der Waals surface area contributed by atoms with Gasteiger partial charge < -0.3 is 10.4 Å². The third-order valence-electron chi connectivity index (χ3n) is 2.66. The Morgan fingerprint density at radius 1 is 1.53 bits per heavy atom. The third kappa shape index (κ3) is 1.79. The second kappa shape index (κ2) is 3.87. The number of phenolic OH excluding ortho intramolecular Hbond substituents is 1. The molecule has 0 amide bonds. The molecule has 0 radical (unpaired) electrons. The molecule has 2 N–H and O–H groups in total. The lowest BCUT2D eigenvalue weighted by molar-refractivity contribution is 0.417. The molecule has 1 fully saturated rings. The maximum atomic E-state index is 13.3. The van der Waals surface area contributed by atoms with Gasteiger partial charge in [0.25, 0.3) is 0 Å². The first kappa shape index (κ1) is 9.94. The minimum atomic E-state index is -0.724. The lowest BCUT2D eigenvalue weighted by Crippen LogP contribution is -2.13. The van der Waals surface area contributed by atoms with E-state index in [1.807, 2.05) is 6.07 Å². The number of halogens is 1. The van der Waals surface area contributed by atoms with Crippen molar-refractivity contribution in [3.05, 3.63) is 29.1 Å². The van der Waals surface area contributed by atoms with Crippen LogP contribution in [0.1, 0.15) is 30.0 Å². The summed E-state index contributed by atoms with van der Waals surface area (Å²) < 4.78 is 13.3. The highest BCUT2D eigenvalue weighted by molar-refractivity contribution is 5.44. The monoisotopic (exact) mass is 206 g/mol. The zero-order valence-corrected chi connectivity index (χ0v) is 8.13. The van der Waals surface area contributed by atoms with Gasteiger partial charge in [-0.15, -0.1) is 0 Å². The minimum absolute atomic E-state index is 0.0344. The number of nitrogens with one attached hydrogen (secondary N) is 1. The fraction of sp³-hybridized carbons (Fsp3) is 0.364. The summed E-state index contributed by atoms with van der Waals surface area (Å²) in [6.07, 6.45) is 1.87. The highest BCUT2D eigenvalue weighted by Crippen LogP contribution is 2.32. The number of hydrogen-bond donors (Lipinski definition) is 2. The van der Waals surface area contributed by atoms with Crippen molar-refractivity contribution in [2.75, 3.05) is 6.54 Å². The summed E-state index contributed by atoms with van der Waals surface area (Å²) in [6.45, 7) is 0.864. The first-order valence-electron chi connectivity index (χ1n) is 4.88. The normalized spacial score (nSPS) is 20.1. The molecule has 0 aliphatic carbocycles. The predicted octanol–water partition coefficient (Wildman–Crippen LogP) is 1.83. The topological polar surface area (TPSA) is 56.0 Å². The van der Waals surface area contributed by atoms with Gasteiger partial charge in [0, 0.05) is 11.6 Å². The number of nitrogens with zero attached hydrogens (tertiary/aromatic N) is 1. The molecule has 1 aliphatic heterocycles. The molecule has 1 atom stereocenters. The van der Waals surface area contributed by atoms with Crippen LogP contribution in [0, 0.1) is 17.1 Å². The summed E-state index contributed by atoms with van der Waals surface area (Å²) in [5.74, 6) is -1.06. The van der Waals surface area contributed by atoms with Crippen LogP contribution in [-0.4, -0.2) is 11.7 Å². The van der Waals surface area contributed by atoms with Crippen LogP contribution < -0.4 is 5.32 Å². The van der Waals surface area contributed by atoms with E-state index in [0.29, 0.717) is 5.56 Å². The van der Waals surface area contributed by atoms with Crippen LogP contribution in [0.5, 0.6) is 5.75 Å². The minimum Gasteiger partial charge on any atom is -0.505 e. The molecule has 0 spiro atoms. The van der Waals surface area contributed by atoms with Crippen LogP contribution >= 0.6 is 0 Å². The fourth-order valence-corrected chi connectivity index (χ4v) is 1.90. The van der Waals surface area contributed by atoms with Gasteiger partial charge in [-0.05, 0) is 31.5 Å². The average molecular weight is 206 g/mol. The zero-order valence-electron chi connectivity index (χ0n) is 8.13. The van der Waals surface area contributed by atoms with E-state index < -0.39 is 5.82 Å². The molecule has 3 nitrogen and oxygen atoms in total. The number of aromatic hydroxyl groups is 1. The molecule has 1 heterocycles. The van der Waals surface area contributed by atoms with E-state index in [1.165, 1.54) is 0 Å².